The lowest BCUT2D eigenvalue weighted by Gasteiger charge is -2.17. The predicted molar refractivity (Wildman–Crippen MR) is 33.0 cm³/mol. The molecule has 0 saturated carbocycles. The number of hydrogen-bond donors (Lipinski definition) is 0. The van der Waals surface area contributed by atoms with Gasteiger partial charge in [-0.1, -0.05) is 16.9 Å². The van der Waals surface area contributed by atoms with Crippen LogP contribution in [0.15, 0.2) is 16.8 Å². The van der Waals surface area contributed by atoms with Gasteiger partial charge in [-0.25, -0.2) is 4.84 Å². The molecule has 5 heteroatoms. The lowest BCUT2D eigenvalue weighted by molar-refractivity contribution is -0.179. The Labute approximate surface area is 56.0 Å². The summed E-state index contributed by atoms with van der Waals surface area (Å²) in [5.41, 5.74) is 0. The molecule has 0 amide bonds. The van der Waals surface area contributed by atoms with Crippen molar-refractivity contribution >= 4 is 16.9 Å². The zero-order chi connectivity index (χ0) is 6.10. The average molecular weight is 144 g/mol. The highest BCUT2D eigenvalue weighted by Crippen LogP contribution is 2.21. The fourth-order valence-corrected chi connectivity index (χ4v) is 1.19. The van der Waals surface area contributed by atoms with Crippen LogP contribution in [0.3, 0.4) is 0 Å². The minimum absolute atomic E-state index is 0.203. The van der Waals surface area contributed by atoms with E-state index in [0.717, 1.165) is 5.17 Å². The SMILES string of the molecule is C1=CN2OCON=C2S1. The average Bonchev–Trinajstić information content (AvgIpc) is 2.33. The summed E-state index contributed by atoms with van der Waals surface area (Å²) in [6, 6.07) is 0. The number of hydrogen-bond acceptors (Lipinski definition) is 5. The number of rotatable bonds is 0. The first-order chi connectivity index (χ1) is 4.47. The van der Waals surface area contributed by atoms with Crippen LogP contribution in [0, 0.1) is 0 Å². The second kappa shape index (κ2) is 1.93. The van der Waals surface area contributed by atoms with Gasteiger partial charge in [0.25, 0.3) is 0 Å². The molecular formula is C4H4N2O2S. The second-order valence-electron chi connectivity index (χ2n) is 1.48. The van der Waals surface area contributed by atoms with Gasteiger partial charge in [0.05, 0.1) is 0 Å². The molecule has 0 bridgehead atoms. The van der Waals surface area contributed by atoms with Crippen LogP contribution in [0.2, 0.25) is 0 Å². The molecule has 0 N–H and O–H groups in total. The summed E-state index contributed by atoms with van der Waals surface area (Å²) in [6.45, 7) is 0.203. The van der Waals surface area contributed by atoms with Crippen molar-refractivity contribution in [1.29, 1.82) is 0 Å². The summed E-state index contributed by atoms with van der Waals surface area (Å²) in [4.78, 5) is 9.62. The van der Waals surface area contributed by atoms with Gasteiger partial charge in [0, 0.05) is 6.20 Å². The third-order valence-corrected chi connectivity index (χ3v) is 1.67. The van der Waals surface area contributed by atoms with E-state index in [4.69, 9.17) is 4.84 Å². The lowest BCUT2D eigenvalue weighted by Crippen LogP contribution is -2.25. The van der Waals surface area contributed by atoms with Crippen molar-refractivity contribution in [3.63, 3.8) is 0 Å². The van der Waals surface area contributed by atoms with Crippen molar-refractivity contribution < 1.29 is 9.68 Å². The zero-order valence-electron chi connectivity index (χ0n) is 4.48. The second-order valence-corrected chi connectivity index (χ2v) is 2.35. The van der Waals surface area contributed by atoms with Crippen LogP contribution in [-0.4, -0.2) is 17.0 Å². The minimum atomic E-state index is 0.203. The largest absolute Gasteiger partial charge is 0.362 e. The van der Waals surface area contributed by atoms with Crippen LogP contribution in [0.1, 0.15) is 0 Å². The van der Waals surface area contributed by atoms with E-state index in [-0.39, 0.29) is 6.79 Å². The van der Waals surface area contributed by atoms with E-state index in [0.29, 0.717) is 0 Å². The van der Waals surface area contributed by atoms with E-state index in [9.17, 15) is 0 Å². The Balaban J connectivity index is 2.22. The topological polar surface area (TPSA) is 34.1 Å². The van der Waals surface area contributed by atoms with Crippen LogP contribution in [0.5, 0.6) is 0 Å². The molecule has 2 rings (SSSR count). The van der Waals surface area contributed by atoms with Gasteiger partial charge < -0.3 is 4.84 Å². The molecule has 2 heterocycles. The Bertz CT molecular complexity index is 179. The summed E-state index contributed by atoms with van der Waals surface area (Å²) in [5, 5.41) is 7.91. The summed E-state index contributed by atoms with van der Waals surface area (Å²) in [6.07, 6.45) is 1.80. The first-order valence-electron chi connectivity index (χ1n) is 2.42. The highest BCUT2D eigenvalue weighted by Gasteiger charge is 2.19. The van der Waals surface area contributed by atoms with Crippen molar-refractivity contribution in [1.82, 2.24) is 5.06 Å². The normalized spacial score (nSPS) is 23.1. The van der Waals surface area contributed by atoms with Crippen molar-refractivity contribution in [2.45, 2.75) is 0 Å². The van der Waals surface area contributed by atoms with Crippen molar-refractivity contribution in [3.05, 3.63) is 11.6 Å². The summed E-state index contributed by atoms with van der Waals surface area (Å²) >= 11 is 1.47. The van der Waals surface area contributed by atoms with Crippen LogP contribution in [-0.2, 0) is 9.68 Å². The molecule has 9 heavy (non-hydrogen) atoms. The molecule has 0 aromatic carbocycles. The third-order valence-electron chi connectivity index (χ3n) is 0.945. The zero-order valence-corrected chi connectivity index (χ0v) is 5.30. The molecule has 0 aromatic rings. The van der Waals surface area contributed by atoms with Gasteiger partial charge in [0.1, 0.15) is 0 Å². The summed E-state index contributed by atoms with van der Waals surface area (Å²) in [7, 11) is 0. The molecule has 2 aliphatic rings. The maximum atomic E-state index is 4.97. The monoisotopic (exact) mass is 144 g/mol. The first kappa shape index (κ1) is 5.13. The van der Waals surface area contributed by atoms with E-state index in [1.54, 1.807) is 11.3 Å². The Morgan fingerprint density at radius 3 is 3.67 bits per heavy atom. The van der Waals surface area contributed by atoms with Crippen LogP contribution < -0.4 is 0 Å². The fraction of sp³-hybridized carbons (Fsp3) is 0.250. The summed E-state index contributed by atoms with van der Waals surface area (Å²) in [5.74, 6) is 0. The maximum Gasteiger partial charge on any atom is 0.241 e. The molecule has 0 unspecified atom stereocenters. The number of thioether (sulfide) groups is 1. The summed E-state index contributed by atoms with van der Waals surface area (Å²) < 4.78 is 0. The Morgan fingerprint density at radius 1 is 1.78 bits per heavy atom. The molecule has 0 saturated heterocycles. The van der Waals surface area contributed by atoms with Gasteiger partial charge in [-0.3, -0.25) is 0 Å². The van der Waals surface area contributed by atoms with Gasteiger partial charge in [-0.15, -0.1) is 0 Å². The highest BCUT2D eigenvalue weighted by molar-refractivity contribution is 8.16. The standard InChI is InChI=1S/C4H4N2O2S/c1-2-9-4-5-7-3-8-6(1)4/h1-2H,3H2. The van der Waals surface area contributed by atoms with Gasteiger partial charge in [0.2, 0.25) is 12.0 Å². The minimum Gasteiger partial charge on any atom is -0.362 e. The molecule has 0 spiro atoms. The Kier molecular flexibility index (Phi) is 1.10. The number of hydroxylamine groups is 2. The van der Waals surface area contributed by atoms with Crippen LogP contribution in [0.25, 0.3) is 0 Å². The number of fused-ring (bicyclic) bond motifs is 1. The van der Waals surface area contributed by atoms with Crippen molar-refractivity contribution in [2.75, 3.05) is 6.79 Å². The highest BCUT2D eigenvalue weighted by atomic mass is 32.2. The van der Waals surface area contributed by atoms with Gasteiger partial charge >= 0.3 is 0 Å². The van der Waals surface area contributed by atoms with Crippen molar-refractivity contribution in [2.24, 2.45) is 5.16 Å². The fourth-order valence-electron chi connectivity index (χ4n) is 0.584. The van der Waals surface area contributed by atoms with Crippen LogP contribution >= 0.6 is 11.8 Å². The Morgan fingerprint density at radius 2 is 2.78 bits per heavy atom. The van der Waals surface area contributed by atoms with Crippen LogP contribution in [0.4, 0.5) is 0 Å². The van der Waals surface area contributed by atoms with Crippen molar-refractivity contribution in [3.8, 4) is 0 Å². The molecule has 0 atom stereocenters. The molecule has 0 aromatic heterocycles. The smallest absolute Gasteiger partial charge is 0.241 e. The van der Waals surface area contributed by atoms with Gasteiger partial charge in [0.15, 0.2) is 0 Å². The van der Waals surface area contributed by atoms with E-state index in [1.165, 1.54) is 11.8 Å². The molecule has 2 aliphatic heterocycles. The van der Waals surface area contributed by atoms with E-state index < -0.39 is 0 Å². The molecule has 48 valence electrons. The maximum absolute atomic E-state index is 4.97. The van der Waals surface area contributed by atoms with Gasteiger partial charge in [-0.2, -0.15) is 5.06 Å². The van der Waals surface area contributed by atoms with E-state index in [2.05, 4.69) is 9.99 Å². The van der Waals surface area contributed by atoms with Gasteiger partial charge in [-0.05, 0) is 5.41 Å². The quantitative estimate of drug-likeness (QED) is 0.501. The molecular weight excluding hydrogens is 140 g/mol. The number of oxime groups is 1. The Hall–Kier alpha value is -0.680. The third kappa shape index (κ3) is 0.778. The van der Waals surface area contributed by atoms with E-state index in [1.807, 2.05) is 5.41 Å². The lowest BCUT2D eigenvalue weighted by atomic mass is 10.9. The molecule has 4 nitrogen and oxygen atoms in total. The number of nitrogens with zero attached hydrogens (tertiary/aromatic N) is 2. The first-order valence-corrected chi connectivity index (χ1v) is 3.30. The van der Waals surface area contributed by atoms with E-state index >= 15 is 0 Å². The molecule has 0 radical (unpaired) electrons. The number of amidine groups is 1. The molecule has 0 aliphatic carbocycles. The predicted octanol–water partition coefficient (Wildman–Crippen LogP) is 0.697. The molecule has 0 fully saturated rings.